The van der Waals surface area contributed by atoms with E-state index in [1.165, 1.54) is 7.11 Å². The minimum absolute atomic E-state index is 0.0178. The maximum Gasteiger partial charge on any atom is 0.309 e. The van der Waals surface area contributed by atoms with Crippen molar-refractivity contribution in [2.75, 3.05) is 12.4 Å². The fourth-order valence-electron chi connectivity index (χ4n) is 4.15. The zero-order valence-electron chi connectivity index (χ0n) is 16.1. The first kappa shape index (κ1) is 19.4. The summed E-state index contributed by atoms with van der Waals surface area (Å²) in [6.07, 6.45) is 2.97. The Hall–Kier alpha value is -2.37. The largest absolute Gasteiger partial charge is 0.495 e. The number of ether oxygens (including phenoxy) is 2. The molecule has 2 bridgehead atoms. The summed E-state index contributed by atoms with van der Waals surface area (Å²) in [4.78, 5) is 37.2. The number of ketones is 1. The van der Waals surface area contributed by atoms with Gasteiger partial charge in [-0.05, 0) is 57.2 Å². The third kappa shape index (κ3) is 4.31. The number of anilines is 1. The highest BCUT2D eigenvalue weighted by Gasteiger charge is 2.42. The number of fused-ring (bicyclic) bond motifs is 2. The van der Waals surface area contributed by atoms with Crippen molar-refractivity contribution < 1.29 is 23.9 Å². The number of hydrogen-bond acceptors (Lipinski definition) is 5. The molecule has 0 aromatic heterocycles. The zero-order valence-corrected chi connectivity index (χ0v) is 16.1. The number of methoxy groups -OCH3 is 1. The lowest BCUT2D eigenvalue weighted by Crippen LogP contribution is -2.41. The van der Waals surface area contributed by atoms with Crippen molar-refractivity contribution >= 4 is 23.3 Å². The van der Waals surface area contributed by atoms with Crippen molar-refractivity contribution in [1.82, 2.24) is 0 Å². The van der Waals surface area contributed by atoms with Gasteiger partial charge in [0.25, 0.3) is 5.91 Å². The summed E-state index contributed by atoms with van der Waals surface area (Å²) in [5.74, 6) is -0.250. The van der Waals surface area contributed by atoms with Gasteiger partial charge in [-0.25, -0.2) is 0 Å². The van der Waals surface area contributed by atoms with Crippen LogP contribution in [0.5, 0.6) is 5.75 Å². The smallest absolute Gasteiger partial charge is 0.309 e. The van der Waals surface area contributed by atoms with Gasteiger partial charge >= 0.3 is 5.97 Å². The molecule has 2 aliphatic carbocycles. The first-order valence-electron chi connectivity index (χ1n) is 9.58. The second-order valence-corrected chi connectivity index (χ2v) is 7.67. The number of aryl methyl sites for hydroxylation is 1. The predicted molar refractivity (Wildman–Crippen MR) is 100 cm³/mol. The Balaban J connectivity index is 1.59. The summed E-state index contributed by atoms with van der Waals surface area (Å²) in [5.41, 5.74) is 1.53. The van der Waals surface area contributed by atoms with Gasteiger partial charge in [-0.2, -0.15) is 0 Å². The van der Waals surface area contributed by atoms with E-state index in [1.54, 1.807) is 19.1 Å². The van der Waals surface area contributed by atoms with Crippen LogP contribution >= 0.6 is 0 Å². The summed E-state index contributed by atoms with van der Waals surface area (Å²) in [7, 11) is 1.53. The molecule has 1 unspecified atom stereocenters. The van der Waals surface area contributed by atoms with Gasteiger partial charge in [0.1, 0.15) is 11.5 Å². The van der Waals surface area contributed by atoms with E-state index in [-0.39, 0.29) is 23.7 Å². The number of nitrogens with one attached hydrogen (secondary N) is 1. The number of esters is 1. The molecule has 1 aromatic rings. The summed E-state index contributed by atoms with van der Waals surface area (Å²) in [6, 6.07) is 5.47. The average Bonchev–Trinajstić information content (AvgIpc) is 2.61. The Kier molecular flexibility index (Phi) is 5.82. The van der Waals surface area contributed by atoms with Crippen LogP contribution < -0.4 is 10.1 Å². The van der Waals surface area contributed by atoms with Gasteiger partial charge in [-0.3, -0.25) is 14.4 Å². The first-order valence-corrected chi connectivity index (χ1v) is 9.58. The summed E-state index contributed by atoms with van der Waals surface area (Å²) >= 11 is 0. The lowest BCUT2D eigenvalue weighted by molar-refractivity contribution is -0.161. The predicted octanol–water partition coefficient (Wildman–Crippen LogP) is 3.27. The molecule has 1 N–H and O–H groups in total. The van der Waals surface area contributed by atoms with E-state index in [2.05, 4.69) is 5.32 Å². The molecule has 6 nitrogen and oxygen atoms in total. The second-order valence-electron chi connectivity index (χ2n) is 7.67. The van der Waals surface area contributed by atoms with Gasteiger partial charge in [0.2, 0.25) is 0 Å². The highest BCUT2D eigenvalue weighted by Crippen LogP contribution is 2.40. The SMILES string of the molecule is COc1ccc(C)cc1NC(=O)[C@H](C)OC(=O)C1C[C@H]2CCC[C@@H](C1)C2=O. The molecule has 0 saturated heterocycles. The summed E-state index contributed by atoms with van der Waals surface area (Å²) in [6.45, 7) is 3.48. The molecule has 0 aliphatic heterocycles. The van der Waals surface area contributed by atoms with Crippen LogP contribution in [0.1, 0.15) is 44.6 Å². The van der Waals surface area contributed by atoms with Gasteiger partial charge in [0.05, 0.1) is 18.7 Å². The van der Waals surface area contributed by atoms with Crippen molar-refractivity contribution in [3.63, 3.8) is 0 Å². The number of hydrogen-bond donors (Lipinski definition) is 1. The first-order chi connectivity index (χ1) is 12.9. The molecule has 146 valence electrons. The van der Waals surface area contributed by atoms with E-state index in [4.69, 9.17) is 9.47 Å². The van der Waals surface area contributed by atoms with Gasteiger partial charge in [0, 0.05) is 11.8 Å². The maximum absolute atomic E-state index is 12.5. The van der Waals surface area contributed by atoms with E-state index < -0.39 is 12.0 Å². The van der Waals surface area contributed by atoms with Crippen molar-refractivity contribution in [1.29, 1.82) is 0 Å². The van der Waals surface area contributed by atoms with Crippen LogP contribution in [0.4, 0.5) is 5.69 Å². The number of rotatable bonds is 5. The van der Waals surface area contributed by atoms with Crippen LogP contribution in [0.2, 0.25) is 0 Å². The molecule has 4 atom stereocenters. The minimum Gasteiger partial charge on any atom is -0.495 e. The highest BCUT2D eigenvalue weighted by atomic mass is 16.5. The summed E-state index contributed by atoms with van der Waals surface area (Å²) in [5, 5.41) is 2.76. The van der Waals surface area contributed by atoms with E-state index in [9.17, 15) is 14.4 Å². The monoisotopic (exact) mass is 373 g/mol. The zero-order chi connectivity index (χ0) is 19.6. The van der Waals surface area contributed by atoms with Crippen molar-refractivity contribution in [3.05, 3.63) is 23.8 Å². The van der Waals surface area contributed by atoms with Crippen molar-refractivity contribution in [3.8, 4) is 5.75 Å². The molecule has 2 fully saturated rings. The Morgan fingerprint density at radius 2 is 1.85 bits per heavy atom. The molecule has 6 heteroatoms. The molecule has 0 spiro atoms. The summed E-state index contributed by atoms with van der Waals surface area (Å²) < 4.78 is 10.7. The Morgan fingerprint density at radius 3 is 2.48 bits per heavy atom. The lowest BCUT2D eigenvalue weighted by Gasteiger charge is -2.36. The van der Waals surface area contributed by atoms with Crippen LogP contribution in [0.25, 0.3) is 0 Å². The maximum atomic E-state index is 12.5. The van der Waals surface area contributed by atoms with Crippen LogP contribution in [0.3, 0.4) is 0 Å². The molecular weight excluding hydrogens is 346 g/mol. The Bertz CT molecular complexity index is 728. The number of amides is 1. The molecule has 27 heavy (non-hydrogen) atoms. The van der Waals surface area contributed by atoms with Crippen LogP contribution in [-0.4, -0.2) is 30.9 Å². The number of carbonyl (C=O) groups is 3. The van der Waals surface area contributed by atoms with Crippen LogP contribution in [0.15, 0.2) is 18.2 Å². The molecule has 2 saturated carbocycles. The molecule has 2 aliphatic rings. The molecule has 1 amide bonds. The van der Waals surface area contributed by atoms with Gasteiger partial charge in [-0.15, -0.1) is 0 Å². The molecular formula is C21H27NO5. The Labute approximate surface area is 159 Å². The Morgan fingerprint density at radius 1 is 1.19 bits per heavy atom. The highest BCUT2D eigenvalue weighted by molar-refractivity contribution is 5.96. The van der Waals surface area contributed by atoms with E-state index in [0.717, 1.165) is 24.8 Å². The van der Waals surface area contributed by atoms with Crippen LogP contribution in [-0.2, 0) is 19.1 Å². The second kappa shape index (κ2) is 8.11. The fourth-order valence-corrected chi connectivity index (χ4v) is 4.15. The number of Topliss-reactive ketones (excluding diaryl/α,β-unsaturated/α-hetero) is 1. The van der Waals surface area contributed by atoms with E-state index in [1.807, 2.05) is 13.0 Å². The average molecular weight is 373 g/mol. The number of benzene rings is 1. The molecule has 0 heterocycles. The van der Waals surface area contributed by atoms with E-state index in [0.29, 0.717) is 30.1 Å². The van der Waals surface area contributed by atoms with Crippen LogP contribution in [0, 0.1) is 24.7 Å². The fraction of sp³-hybridized carbons (Fsp3) is 0.571. The quantitative estimate of drug-likeness (QED) is 0.801. The number of carbonyl (C=O) groups excluding carboxylic acids is 3. The standard InChI is InChI=1S/C21H27NO5/c1-12-7-8-18(26-3)17(9-12)22-20(24)13(2)27-21(25)16-10-14-5-4-6-15(11-16)19(14)23/h7-9,13-16H,4-6,10-11H2,1-3H3,(H,22,24)/t13-,14-,15+,16?/m0/s1. The molecule has 3 rings (SSSR count). The van der Waals surface area contributed by atoms with Crippen molar-refractivity contribution in [2.45, 2.75) is 52.1 Å². The topological polar surface area (TPSA) is 81.7 Å². The third-order valence-corrected chi connectivity index (χ3v) is 5.66. The van der Waals surface area contributed by atoms with Gasteiger partial charge in [0.15, 0.2) is 6.10 Å². The molecule has 0 radical (unpaired) electrons. The van der Waals surface area contributed by atoms with Gasteiger partial charge in [-0.1, -0.05) is 12.5 Å². The van der Waals surface area contributed by atoms with Crippen molar-refractivity contribution in [2.24, 2.45) is 17.8 Å². The minimum atomic E-state index is -0.916. The third-order valence-electron chi connectivity index (χ3n) is 5.66. The molecule has 1 aromatic carbocycles. The normalized spacial score (nSPS) is 25.4. The van der Waals surface area contributed by atoms with Gasteiger partial charge < -0.3 is 14.8 Å². The van der Waals surface area contributed by atoms with E-state index >= 15 is 0 Å². The lowest BCUT2D eigenvalue weighted by atomic mass is 9.67.